The highest BCUT2D eigenvalue weighted by Gasteiger charge is 2.41. The van der Waals surface area contributed by atoms with Gasteiger partial charge in [-0.2, -0.15) is 0 Å². The lowest BCUT2D eigenvalue weighted by Crippen LogP contribution is -2.47. The van der Waals surface area contributed by atoms with E-state index in [1.807, 2.05) is 42.2 Å². The quantitative estimate of drug-likeness (QED) is 0.855. The van der Waals surface area contributed by atoms with E-state index in [2.05, 4.69) is 10.3 Å². The Balaban J connectivity index is 1.39. The number of hydrogen-bond acceptors (Lipinski definition) is 6. The Morgan fingerprint density at radius 3 is 2.61 bits per heavy atom. The lowest BCUT2D eigenvalue weighted by Gasteiger charge is -2.37. The topological polar surface area (TPSA) is 72.9 Å². The Morgan fingerprint density at radius 1 is 1.18 bits per heavy atom. The van der Waals surface area contributed by atoms with Crippen molar-refractivity contribution < 1.29 is 19.0 Å². The Labute approximate surface area is 164 Å². The summed E-state index contributed by atoms with van der Waals surface area (Å²) in [5, 5.41) is 3.29. The van der Waals surface area contributed by atoms with Crippen LogP contribution in [0.2, 0.25) is 0 Å². The van der Waals surface area contributed by atoms with Crippen LogP contribution in [0.1, 0.15) is 30.3 Å². The van der Waals surface area contributed by atoms with Gasteiger partial charge in [-0.3, -0.25) is 4.79 Å². The van der Waals surface area contributed by atoms with Gasteiger partial charge in [0.1, 0.15) is 11.4 Å². The molecule has 1 aromatic carbocycles. The van der Waals surface area contributed by atoms with Crippen LogP contribution in [0.15, 0.2) is 42.6 Å². The molecule has 1 spiro atoms. The molecule has 1 N–H and O–H groups in total. The monoisotopic (exact) mass is 383 g/mol. The lowest BCUT2D eigenvalue weighted by atomic mass is 10.0. The number of pyridine rings is 1. The molecule has 0 radical (unpaired) electrons. The van der Waals surface area contributed by atoms with Gasteiger partial charge in [-0.05, 0) is 31.2 Å². The van der Waals surface area contributed by atoms with Crippen molar-refractivity contribution in [2.24, 2.45) is 0 Å². The van der Waals surface area contributed by atoms with Crippen LogP contribution in [-0.2, 0) is 9.47 Å². The smallest absolute Gasteiger partial charge is 0.272 e. The normalized spacial score (nSPS) is 18.2. The summed E-state index contributed by atoms with van der Waals surface area (Å²) in [6.45, 7) is 5.04. The van der Waals surface area contributed by atoms with Crippen molar-refractivity contribution in [1.82, 2.24) is 9.88 Å². The van der Waals surface area contributed by atoms with Crippen LogP contribution in [0, 0.1) is 0 Å². The van der Waals surface area contributed by atoms with E-state index in [4.69, 9.17) is 14.2 Å². The maximum absolute atomic E-state index is 12.8. The number of amides is 1. The minimum atomic E-state index is -0.480. The fraction of sp³-hybridized carbons (Fsp3) is 0.429. The van der Waals surface area contributed by atoms with E-state index < -0.39 is 5.79 Å². The molecule has 0 saturated carbocycles. The molecule has 0 bridgehead atoms. The zero-order valence-electron chi connectivity index (χ0n) is 16.0. The fourth-order valence-corrected chi connectivity index (χ4v) is 3.60. The molecular weight excluding hydrogens is 358 g/mol. The molecule has 4 rings (SSSR count). The third-order valence-electron chi connectivity index (χ3n) is 5.07. The van der Waals surface area contributed by atoms with E-state index in [9.17, 15) is 4.79 Å². The van der Waals surface area contributed by atoms with Gasteiger partial charge in [-0.25, -0.2) is 4.98 Å². The van der Waals surface area contributed by atoms with Crippen molar-refractivity contribution in [2.45, 2.75) is 25.6 Å². The van der Waals surface area contributed by atoms with Crippen LogP contribution in [-0.4, -0.2) is 54.5 Å². The number of nitrogens with zero attached hydrogens (tertiary/aromatic N) is 2. The number of carbonyl (C=O) groups excluding carboxylic acids is 1. The number of hydrogen-bond donors (Lipinski definition) is 1. The fourth-order valence-electron chi connectivity index (χ4n) is 3.60. The molecule has 28 heavy (non-hydrogen) atoms. The van der Waals surface area contributed by atoms with Gasteiger partial charge in [0, 0.05) is 25.9 Å². The number of carbonyl (C=O) groups is 1. The zero-order valence-corrected chi connectivity index (χ0v) is 16.0. The highest BCUT2D eigenvalue weighted by molar-refractivity contribution is 5.92. The van der Waals surface area contributed by atoms with Crippen molar-refractivity contribution in [1.29, 1.82) is 0 Å². The van der Waals surface area contributed by atoms with E-state index in [0.717, 1.165) is 17.1 Å². The van der Waals surface area contributed by atoms with Gasteiger partial charge in [0.15, 0.2) is 5.79 Å². The van der Waals surface area contributed by atoms with Crippen LogP contribution < -0.4 is 10.1 Å². The maximum Gasteiger partial charge on any atom is 0.272 e. The average molecular weight is 383 g/mol. The van der Waals surface area contributed by atoms with Crippen LogP contribution in [0.4, 0.5) is 11.4 Å². The molecule has 1 aromatic heterocycles. The van der Waals surface area contributed by atoms with Crippen LogP contribution >= 0.6 is 0 Å². The second-order valence-electron chi connectivity index (χ2n) is 6.89. The third kappa shape index (κ3) is 3.95. The maximum atomic E-state index is 12.8. The van der Waals surface area contributed by atoms with Crippen molar-refractivity contribution >= 4 is 17.3 Å². The summed E-state index contributed by atoms with van der Waals surface area (Å²) in [5.41, 5.74) is 2.10. The number of benzene rings is 1. The number of piperidine rings is 1. The summed E-state index contributed by atoms with van der Waals surface area (Å²) in [5.74, 6) is 0.240. The first-order valence-corrected chi connectivity index (χ1v) is 9.71. The number of para-hydroxylation sites is 2. The number of rotatable bonds is 5. The summed E-state index contributed by atoms with van der Waals surface area (Å²) in [4.78, 5) is 18.9. The third-order valence-corrected chi connectivity index (χ3v) is 5.07. The van der Waals surface area contributed by atoms with Gasteiger partial charge in [-0.15, -0.1) is 0 Å². The zero-order chi connectivity index (χ0) is 19.4. The number of anilines is 2. The average Bonchev–Trinajstić information content (AvgIpc) is 3.18. The standard InChI is InChI=1S/C21H25N3O4/c1-2-26-19-6-4-3-5-17(19)23-16-7-8-18(22-15-16)20(25)24-11-9-21(10-12-24)27-13-14-28-21/h3-8,15,23H,2,9-14H2,1H3. The first kappa shape index (κ1) is 18.7. The minimum absolute atomic E-state index is 0.0610. The summed E-state index contributed by atoms with van der Waals surface area (Å²) < 4.78 is 17.1. The Morgan fingerprint density at radius 2 is 1.93 bits per heavy atom. The Bertz CT molecular complexity index is 809. The Hall–Kier alpha value is -2.64. The molecule has 3 heterocycles. The van der Waals surface area contributed by atoms with E-state index in [1.165, 1.54) is 0 Å². The first-order chi connectivity index (χ1) is 13.7. The van der Waals surface area contributed by atoms with Gasteiger partial charge in [-0.1, -0.05) is 12.1 Å². The molecular formula is C21H25N3O4. The predicted octanol–water partition coefficient (Wildman–Crippen LogP) is 3.20. The molecule has 2 saturated heterocycles. The number of nitrogens with one attached hydrogen (secondary N) is 1. The molecule has 2 aromatic rings. The molecule has 7 heteroatoms. The summed E-state index contributed by atoms with van der Waals surface area (Å²) in [7, 11) is 0. The summed E-state index contributed by atoms with van der Waals surface area (Å²) >= 11 is 0. The minimum Gasteiger partial charge on any atom is -0.492 e. The molecule has 148 valence electrons. The van der Waals surface area contributed by atoms with Crippen LogP contribution in [0.25, 0.3) is 0 Å². The van der Waals surface area contributed by atoms with Crippen molar-refractivity contribution in [3.05, 3.63) is 48.3 Å². The SMILES string of the molecule is CCOc1ccccc1Nc1ccc(C(=O)N2CCC3(CC2)OCCO3)nc1. The highest BCUT2D eigenvalue weighted by Crippen LogP contribution is 2.32. The number of aromatic nitrogens is 1. The van der Waals surface area contributed by atoms with Gasteiger partial charge < -0.3 is 24.4 Å². The number of ether oxygens (including phenoxy) is 3. The molecule has 1 amide bonds. The second kappa shape index (κ2) is 8.16. The molecule has 0 unspecified atom stereocenters. The molecule has 2 aliphatic rings. The van der Waals surface area contributed by atoms with E-state index >= 15 is 0 Å². The largest absolute Gasteiger partial charge is 0.492 e. The Kier molecular flexibility index (Phi) is 5.45. The van der Waals surface area contributed by atoms with E-state index in [0.29, 0.717) is 51.4 Å². The molecule has 7 nitrogen and oxygen atoms in total. The van der Waals surface area contributed by atoms with Crippen LogP contribution in [0.5, 0.6) is 5.75 Å². The van der Waals surface area contributed by atoms with E-state index in [1.54, 1.807) is 12.3 Å². The van der Waals surface area contributed by atoms with Gasteiger partial charge in [0.25, 0.3) is 5.91 Å². The highest BCUT2D eigenvalue weighted by atomic mass is 16.7. The molecule has 2 aliphatic heterocycles. The molecule has 0 atom stereocenters. The second-order valence-corrected chi connectivity index (χ2v) is 6.89. The summed E-state index contributed by atoms with van der Waals surface area (Å²) in [6, 6.07) is 11.3. The molecule has 0 aliphatic carbocycles. The van der Waals surface area contributed by atoms with Crippen molar-refractivity contribution in [3.63, 3.8) is 0 Å². The van der Waals surface area contributed by atoms with Crippen molar-refractivity contribution in [2.75, 3.05) is 38.2 Å². The first-order valence-electron chi connectivity index (χ1n) is 9.71. The summed E-state index contributed by atoms with van der Waals surface area (Å²) in [6.07, 6.45) is 3.07. The molecule has 2 fully saturated rings. The van der Waals surface area contributed by atoms with Gasteiger partial charge >= 0.3 is 0 Å². The van der Waals surface area contributed by atoms with Crippen molar-refractivity contribution in [3.8, 4) is 5.75 Å². The number of likely N-dealkylation sites (tertiary alicyclic amines) is 1. The van der Waals surface area contributed by atoms with Gasteiger partial charge in [0.2, 0.25) is 0 Å². The van der Waals surface area contributed by atoms with Crippen LogP contribution in [0.3, 0.4) is 0 Å². The van der Waals surface area contributed by atoms with Gasteiger partial charge in [0.05, 0.1) is 37.4 Å². The van der Waals surface area contributed by atoms with E-state index in [-0.39, 0.29) is 5.91 Å². The lowest BCUT2D eigenvalue weighted by molar-refractivity contribution is -0.181. The predicted molar refractivity (Wildman–Crippen MR) is 105 cm³/mol.